The van der Waals surface area contributed by atoms with Crippen LogP contribution in [0.5, 0.6) is 0 Å². The number of halogens is 1. The molecule has 0 aliphatic heterocycles. The van der Waals surface area contributed by atoms with Gasteiger partial charge in [-0.1, -0.05) is 36.4 Å². The molecule has 0 unspecified atom stereocenters. The molecule has 0 radical (unpaired) electrons. The van der Waals surface area contributed by atoms with Crippen molar-refractivity contribution in [2.75, 3.05) is 26.1 Å². The van der Waals surface area contributed by atoms with Gasteiger partial charge in [0.05, 0.1) is 25.6 Å². The zero-order valence-electron chi connectivity index (χ0n) is 14.1. The molecule has 2 aromatic carbocycles. The average Bonchev–Trinajstić information content (AvgIpc) is 2.70. The van der Waals surface area contributed by atoms with E-state index in [0.29, 0.717) is 6.61 Å². The van der Waals surface area contributed by atoms with Crippen molar-refractivity contribution in [2.45, 2.75) is 0 Å². The first kappa shape index (κ1) is 17.7. The lowest BCUT2D eigenvalue weighted by Crippen LogP contribution is -2.35. The monoisotopic (exact) mass is 353 g/mol. The second-order valence-corrected chi connectivity index (χ2v) is 9.33. The fraction of sp³-hybridized carbons (Fsp3) is 0.190. The van der Waals surface area contributed by atoms with Crippen molar-refractivity contribution in [1.82, 2.24) is 4.98 Å². The van der Waals surface area contributed by atoms with Crippen LogP contribution in [0.15, 0.2) is 85.2 Å². The number of pyridine rings is 1. The fourth-order valence-electron chi connectivity index (χ4n) is 3.14. The van der Waals surface area contributed by atoms with Crippen LogP contribution in [0.4, 0.5) is 4.39 Å². The van der Waals surface area contributed by atoms with Crippen LogP contribution in [0, 0.1) is 0 Å². The summed E-state index contributed by atoms with van der Waals surface area (Å²) in [7, 11) is -1.90. The van der Waals surface area contributed by atoms with Crippen molar-refractivity contribution >= 4 is 23.2 Å². The van der Waals surface area contributed by atoms with Gasteiger partial charge in [0.2, 0.25) is 0 Å². The molecule has 1 aromatic heterocycles. The summed E-state index contributed by atoms with van der Waals surface area (Å²) in [5.74, 6) is 0. The first-order valence-electron chi connectivity index (χ1n) is 8.41. The Bertz CT molecular complexity index is 656. The van der Waals surface area contributed by atoms with Crippen LogP contribution in [0.3, 0.4) is 0 Å². The van der Waals surface area contributed by atoms with Crippen molar-refractivity contribution in [1.29, 1.82) is 0 Å². The minimum absolute atomic E-state index is 0.149. The predicted molar refractivity (Wildman–Crippen MR) is 105 cm³/mol. The van der Waals surface area contributed by atoms with Crippen LogP contribution in [0.1, 0.15) is 0 Å². The van der Waals surface area contributed by atoms with Gasteiger partial charge in [0.25, 0.3) is 0 Å². The number of hydrogen-bond donors (Lipinski definition) is 0. The van der Waals surface area contributed by atoms with Crippen LogP contribution >= 0.6 is 7.26 Å². The molecule has 128 valence electrons. The van der Waals surface area contributed by atoms with Gasteiger partial charge in [-0.2, -0.15) is 0 Å². The maximum Gasteiger partial charge on any atom is 0.123 e. The van der Waals surface area contributed by atoms with E-state index >= 15 is 0 Å². The number of ether oxygens (including phenoxy) is 1. The van der Waals surface area contributed by atoms with Gasteiger partial charge in [0, 0.05) is 6.20 Å². The minimum Gasteiger partial charge on any atom is -0.375 e. The van der Waals surface area contributed by atoms with Crippen molar-refractivity contribution < 1.29 is 9.13 Å². The maximum absolute atomic E-state index is 12.5. The molecule has 0 amide bonds. The Kier molecular flexibility index (Phi) is 6.27. The Balaban J connectivity index is 2.13. The highest BCUT2D eigenvalue weighted by Crippen LogP contribution is 2.54. The SMILES string of the molecule is [18F]CCOCC[P+](c1ccccc1)(c1ccccc1)c1cccnc1. The molecule has 1 heterocycles. The fourth-order valence-corrected chi connectivity index (χ4v) is 7.18. The summed E-state index contributed by atoms with van der Waals surface area (Å²) in [5.41, 5.74) is 0. The van der Waals surface area contributed by atoms with E-state index in [1.165, 1.54) is 15.9 Å². The summed E-state index contributed by atoms with van der Waals surface area (Å²) in [4.78, 5) is 4.37. The molecule has 0 saturated carbocycles. The third-order valence-corrected chi connectivity index (χ3v) is 8.63. The standard InChI is InChI=1S/C21H22FNOP/c22-13-15-24-16-17-25(19-8-3-1-4-9-19,20-10-5-2-6-11-20)21-12-7-14-23-18-21/h1-12,14,18H,13,15-17H2/q+1/i22-1. The quantitative estimate of drug-likeness (QED) is 0.458. The lowest BCUT2D eigenvalue weighted by Gasteiger charge is -2.27. The highest BCUT2D eigenvalue weighted by molar-refractivity contribution is 7.95. The Hall–Kier alpha value is -2.09. The lowest BCUT2D eigenvalue weighted by atomic mass is 10.4. The summed E-state index contributed by atoms with van der Waals surface area (Å²) in [5, 5.41) is 3.80. The molecule has 4 heteroatoms. The molecule has 3 rings (SSSR count). The number of aromatic nitrogens is 1. The van der Waals surface area contributed by atoms with Crippen LogP contribution in [-0.4, -0.2) is 31.0 Å². The molecular weight excluding hydrogens is 331 g/mol. The van der Waals surface area contributed by atoms with Crippen molar-refractivity contribution in [3.63, 3.8) is 0 Å². The maximum atomic E-state index is 12.5. The zero-order valence-corrected chi connectivity index (χ0v) is 15.0. The molecule has 25 heavy (non-hydrogen) atoms. The largest absolute Gasteiger partial charge is 0.375 e. The molecule has 0 atom stereocenters. The summed E-state index contributed by atoms with van der Waals surface area (Å²) in [6, 6.07) is 25.2. The Labute approximate surface area is 149 Å². The highest BCUT2D eigenvalue weighted by Gasteiger charge is 2.45. The summed E-state index contributed by atoms with van der Waals surface area (Å²) < 4.78 is 18.0. The van der Waals surface area contributed by atoms with E-state index in [0.717, 1.165) is 6.16 Å². The molecule has 0 bridgehead atoms. The third kappa shape index (κ3) is 3.95. The van der Waals surface area contributed by atoms with Gasteiger partial charge < -0.3 is 4.74 Å². The van der Waals surface area contributed by atoms with E-state index in [9.17, 15) is 4.39 Å². The first-order valence-corrected chi connectivity index (χ1v) is 10.4. The molecular formula is C21H22FNOP+. The van der Waals surface area contributed by atoms with Crippen LogP contribution in [-0.2, 0) is 4.74 Å². The third-order valence-electron chi connectivity index (χ3n) is 4.27. The topological polar surface area (TPSA) is 22.1 Å². The van der Waals surface area contributed by atoms with Crippen molar-refractivity contribution in [2.24, 2.45) is 0 Å². The number of nitrogens with zero attached hydrogens (tertiary/aromatic N) is 1. The lowest BCUT2D eigenvalue weighted by molar-refractivity contribution is 0.132. The van der Waals surface area contributed by atoms with Gasteiger partial charge in [0.15, 0.2) is 0 Å². The molecule has 0 spiro atoms. The highest BCUT2D eigenvalue weighted by atomic mass is 31.2. The van der Waals surface area contributed by atoms with Gasteiger partial charge in [-0.15, -0.1) is 0 Å². The number of hydrogen-bond acceptors (Lipinski definition) is 2. The van der Waals surface area contributed by atoms with E-state index in [2.05, 4.69) is 59.6 Å². The van der Waals surface area contributed by atoms with E-state index < -0.39 is 13.9 Å². The van der Waals surface area contributed by atoms with Gasteiger partial charge in [-0.25, -0.2) is 4.39 Å². The van der Waals surface area contributed by atoms with Crippen LogP contribution in [0.25, 0.3) is 0 Å². The molecule has 0 aliphatic rings. The second kappa shape index (κ2) is 8.84. The van der Waals surface area contributed by atoms with Gasteiger partial charge >= 0.3 is 0 Å². The molecule has 2 nitrogen and oxygen atoms in total. The Morgan fingerprint density at radius 3 is 1.88 bits per heavy atom. The number of rotatable bonds is 8. The summed E-state index contributed by atoms with van der Waals surface area (Å²) in [6.45, 7) is 0.224. The predicted octanol–water partition coefficient (Wildman–Crippen LogP) is 3.36. The first-order chi connectivity index (χ1) is 12.4. The van der Waals surface area contributed by atoms with Gasteiger partial charge in [-0.05, 0) is 36.4 Å². The van der Waals surface area contributed by atoms with Crippen LogP contribution in [0.2, 0.25) is 0 Å². The summed E-state index contributed by atoms with van der Waals surface area (Å²) >= 11 is 0. The van der Waals surface area contributed by atoms with E-state index in [-0.39, 0.29) is 6.61 Å². The zero-order chi connectivity index (χ0) is 17.4. The van der Waals surface area contributed by atoms with Crippen LogP contribution < -0.4 is 15.9 Å². The number of benzene rings is 2. The smallest absolute Gasteiger partial charge is 0.123 e. The Morgan fingerprint density at radius 1 is 0.760 bits per heavy atom. The normalized spacial score (nSPS) is 11.4. The molecule has 0 fully saturated rings. The van der Waals surface area contributed by atoms with E-state index in [1.54, 1.807) is 6.20 Å². The second-order valence-electron chi connectivity index (χ2n) is 5.72. The van der Waals surface area contributed by atoms with Crippen molar-refractivity contribution in [3.8, 4) is 0 Å². The molecule has 3 aromatic rings. The van der Waals surface area contributed by atoms with Gasteiger partial charge in [-0.3, -0.25) is 4.98 Å². The molecule has 0 saturated heterocycles. The average molecular weight is 353 g/mol. The van der Waals surface area contributed by atoms with E-state index in [4.69, 9.17) is 4.74 Å². The summed E-state index contributed by atoms with van der Waals surface area (Å²) in [6.07, 6.45) is 4.59. The molecule has 0 aliphatic carbocycles. The molecule has 0 N–H and O–H groups in total. The van der Waals surface area contributed by atoms with E-state index in [1.807, 2.05) is 24.4 Å². The minimum atomic E-state index is -1.90. The Morgan fingerprint density at radius 2 is 1.36 bits per heavy atom. The van der Waals surface area contributed by atoms with Crippen molar-refractivity contribution in [3.05, 3.63) is 85.2 Å². The number of alkyl halides is 1. The van der Waals surface area contributed by atoms with Gasteiger partial charge in [0.1, 0.15) is 29.9 Å².